The molecule has 0 spiro atoms. The zero-order valence-corrected chi connectivity index (χ0v) is 31.1. The normalized spacial score (nSPS) is 12.4. The highest BCUT2D eigenvalue weighted by Gasteiger charge is 2.24. The van der Waals surface area contributed by atoms with Crippen LogP contribution in [0.4, 0.5) is 0 Å². The molecule has 0 aliphatic heterocycles. The predicted molar refractivity (Wildman–Crippen MR) is 232 cm³/mol. The van der Waals surface area contributed by atoms with Crippen molar-refractivity contribution in [2.75, 3.05) is 0 Å². The summed E-state index contributed by atoms with van der Waals surface area (Å²) in [5, 5.41) is 3.70. The van der Waals surface area contributed by atoms with Crippen LogP contribution >= 0.6 is 11.3 Å². The molecule has 0 amide bonds. The SMILES string of the molecule is C1=Cc2oc3ccc(-c4nc(-c5ccccc5)nc(-c5ccc(-c6ccccc6)cc5)n4)c(-c4cccc(-c5cccc6sc7ccccc7c56)c4)c3c2CC1. The number of benzene rings is 7. The van der Waals surface area contributed by atoms with Gasteiger partial charge in [-0.05, 0) is 77.1 Å². The van der Waals surface area contributed by atoms with Gasteiger partial charge in [-0.25, -0.2) is 15.0 Å². The average molecular weight is 736 g/mol. The van der Waals surface area contributed by atoms with Gasteiger partial charge in [0.2, 0.25) is 0 Å². The Morgan fingerprint density at radius 2 is 1.09 bits per heavy atom. The van der Waals surface area contributed by atoms with Crippen LogP contribution in [-0.4, -0.2) is 15.0 Å². The van der Waals surface area contributed by atoms with E-state index in [1.165, 1.54) is 36.9 Å². The Kier molecular flexibility index (Phi) is 7.78. The highest BCUT2D eigenvalue weighted by molar-refractivity contribution is 7.25. The monoisotopic (exact) mass is 735 g/mol. The van der Waals surface area contributed by atoms with E-state index in [0.29, 0.717) is 17.5 Å². The molecule has 5 heteroatoms. The number of fused-ring (bicyclic) bond motifs is 6. The van der Waals surface area contributed by atoms with Gasteiger partial charge >= 0.3 is 0 Å². The summed E-state index contributed by atoms with van der Waals surface area (Å²) in [6, 6.07) is 57.6. The van der Waals surface area contributed by atoms with Crippen molar-refractivity contribution >= 4 is 48.6 Å². The van der Waals surface area contributed by atoms with E-state index < -0.39 is 0 Å². The van der Waals surface area contributed by atoms with Gasteiger partial charge in [0.1, 0.15) is 11.3 Å². The molecule has 11 rings (SSSR count). The number of hydrogen-bond acceptors (Lipinski definition) is 5. The molecule has 7 aromatic carbocycles. The second-order valence-electron chi connectivity index (χ2n) is 14.2. The molecule has 1 aliphatic carbocycles. The van der Waals surface area contributed by atoms with E-state index in [1.807, 2.05) is 35.6 Å². The predicted octanol–water partition coefficient (Wildman–Crippen LogP) is 13.9. The molecule has 0 saturated carbocycles. The van der Waals surface area contributed by atoms with Crippen LogP contribution < -0.4 is 0 Å². The van der Waals surface area contributed by atoms with Crippen LogP contribution in [0, 0.1) is 0 Å². The first-order chi connectivity index (χ1) is 27.7. The zero-order chi connectivity index (χ0) is 37.0. The number of nitrogens with zero attached hydrogens (tertiary/aromatic N) is 3. The minimum Gasteiger partial charge on any atom is -0.456 e. The topological polar surface area (TPSA) is 51.8 Å². The Labute approximate surface area is 328 Å². The molecular weight excluding hydrogens is 703 g/mol. The number of hydrogen-bond donors (Lipinski definition) is 0. The number of rotatable bonds is 6. The highest BCUT2D eigenvalue weighted by Crippen LogP contribution is 2.45. The molecule has 0 N–H and O–H groups in total. The standard InChI is InChI=1S/C51H33N3OS/c1-3-13-32(14-4-1)33-25-27-35(28-26-33)50-52-49(34-15-5-2-6-16-34)53-51(54-50)41-29-30-43-48(39-19-7-9-22-42(39)55-43)46(41)37-18-11-17-36(31-37)38-21-12-24-45-47(38)40-20-8-10-23-44(40)56-45/h1-6,8-18,20-31H,7,19H2. The van der Waals surface area contributed by atoms with Crippen molar-refractivity contribution in [1.29, 1.82) is 0 Å². The lowest BCUT2D eigenvalue weighted by Gasteiger charge is -2.15. The summed E-state index contributed by atoms with van der Waals surface area (Å²) < 4.78 is 9.13. The van der Waals surface area contributed by atoms with Gasteiger partial charge in [-0.2, -0.15) is 0 Å². The summed E-state index contributed by atoms with van der Waals surface area (Å²) in [4.78, 5) is 15.6. The number of aryl methyl sites for hydroxylation is 1. The van der Waals surface area contributed by atoms with Gasteiger partial charge in [-0.1, -0.05) is 140 Å². The third kappa shape index (κ3) is 5.55. The highest BCUT2D eigenvalue weighted by atomic mass is 32.1. The fourth-order valence-corrected chi connectivity index (χ4v) is 9.33. The van der Waals surface area contributed by atoms with Crippen molar-refractivity contribution in [2.45, 2.75) is 12.8 Å². The fraction of sp³-hybridized carbons (Fsp3) is 0.0392. The zero-order valence-electron chi connectivity index (χ0n) is 30.3. The Morgan fingerprint density at radius 1 is 0.464 bits per heavy atom. The van der Waals surface area contributed by atoms with Gasteiger partial charge < -0.3 is 4.42 Å². The van der Waals surface area contributed by atoms with Crippen LogP contribution in [0.25, 0.3) is 105 Å². The average Bonchev–Trinajstić information content (AvgIpc) is 3.85. The maximum Gasteiger partial charge on any atom is 0.164 e. The second-order valence-corrected chi connectivity index (χ2v) is 15.3. The summed E-state index contributed by atoms with van der Waals surface area (Å²) in [5.41, 5.74) is 11.8. The van der Waals surface area contributed by atoms with E-state index in [2.05, 4.69) is 152 Å². The molecular formula is C51H33N3OS. The third-order valence-corrected chi connectivity index (χ3v) is 12.0. The lowest BCUT2D eigenvalue weighted by molar-refractivity contribution is 0.595. The van der Waals surface area contributed by atoms with Crippen molar-refractivity contribution in [3.05, 3.63) is 181 Å². The van der Waals surface area contributed by atoms with Gasteiger partial charge in [0, 0.05) is 53.4 Å². The number of furan rings is 1. The Balaban J connectivity index is 1.14. The number of thiophene rings is 1. The van der Waals surface area contributed by atoms with Crippen molar-refractivity contribution in [3.63, 3.8) is 0 Å². The van der Waals surface area contributed by atoms with Crippen LogP contribution in [0.3, 0.4) is 0 Å². The Bertz CT molecular complexity index is 3120. The van der Waals surface area contributed by atoms with E-state index in [9.17, 15) is 0 Å². The molecule has 1 aliphatic rings. The van der Waals surface area contributed by atoms with Gasteiger partial charge in [0.25, 0.3) is 0 Å². The number of aromatic nitrogens is 3. The Hall–Kier alpha value is -6.95. The molecule has 10 aromatic rings. The van der Waals surface area contributed by atoms with Crippen LogP contribution in [0.2, 0.25) is 0 Å². The molecule has 3 heterocycles. The summed E-state index contributed by atoms with van der Waals surface area (Å²) in [6.07, 6.45) is 6.19. The van der Waals surface area contributed by atoms with Crippen LogP contribution in [0.15, 0.2) is 174 Å². The van der Waals surface area contributed by atoms with E-state index in [0.717, 1.165) is 68.5 Å². The van der Waals surface area contributed by atoms with Crippen LogP contribution in [-0.2, 0) is 6.42 Å². The minimum absolute atomic E-state index is 0.621. The van der Waals surface area contributed by atoms with Crippen molar-refractivity contribution in [2.24, 2.45) is 0 Å². The van der Waals surface area contributed by atoms with Gasteiger partial charge in [-0.15, -0.1) is 11.3 Å². The molecule has 3 aromatic heterocycles. The summed E-state index contributed by atoms with van der Waals surface area (Å²) in [7, 11) is 0. The first kappa shape index (κ1) is 32.5. The van der Waals surface area contributed by atoms with Crippen molar-refractivity contribution in [1.82, 2.24) is 15.0 Å². The molecule has 264 valence electrons. The molecule has 0 unspecified atom stereocenters. The first-order valence-corrected chi connectivity index (χ1v) is 19.8. The summed E-state index contributed by atoms with van der Waals surface area (Å²) in [5.74, 6) is 2.80. The maximum absolute atomic E-state index is 6.55. The van der Waals surface area contributed by atoms with Crippen LogP contribution in [0.1, 0.15) is 17.7 Å². The van der Waals surface area contributed by atoms with E-state index in [4.69, 9.17) is 19.4 Å². The smallest absolute Gasteiger partial charge is 0.164 e. The number of allylic oxidation sites excluding steroid dienone is 1. The second kappa shape index (κ2) is 13.4. The summed E-state index contributed by atoms with van der Waals surface area (Å²) >= 11 is 1.85. The van der Waals surface area contributed by atoms with E-state index in [1.54, 1.807) is 0 Å². The molecule has 56 heavy (non-hydrogen) atoms. The molecule has 4 nitrogen and oxygen atoms in total. The van der Waals surface area contributed by atoms with Crippen molar-refractivity contribution in [3.8, 4) is 67.5 Å². The van der Waals surface area contributed by atoms with Gasteiger partial charge in [-0.3, -0.25) is 0 Å². The molecule has 0 atom stereocenters. The fourth-order valence-electron chi connectivity index (χ4n) is 8.20. The molecule has 0 bridgehead atoms. The van der Waals surface area contributed by atoms with Gasteiger partial charge in [0.05, 0.1) is 0 Å². The first-order valence-electron chi connectivity index (χ1n) is 19.0. The molecule has 0 fully saturated rings. The minimum atomic E-state index is 0.621. The van der Waals surface area contributed by atoms with Gasteiger partial charge in [0.15, 0.2) is 17.5 Å². The largest absolute Gasteiger partial charge is 0.456 e. The molecule has 0 saturated heterocycles. The summed E-state index contributed by atoms with van der Waals surface area (Å²) in [6.45, 7) is 0. The van der Waals surface area contributed by atoms with Crippen LogP contribution in [0.5, 0.6) is 0 Å². The molecule has 0 radical (unpaired) electrons. The quantitative estimate of drug-likeness (QED) is 0.171. The van der Waals surface area contributed by atoms with Crippen molar-refractivity contribution < 1.29 is 4.42 Å². The lowest BCUT2D eigenvalue weighted by Crippen LogP contribution is -2.02. The third-order valence-electron chi connectivity index (χ3n) is 10.8. The van der Waals surface area contributed by atoms with E-state index in [-0.39, 0.29) is 0 Å². The maximum atomic E-state index is 6.55. The Morgan fingerprint density at radius 3 is 1.91 bits per heavy atom. The lowest BCUT2D eigenvalue weighted by atomic mass is 9.89. The van der Waals surface area contributed by atoms with E-state index >= 15 is 0 Å².